The molecule has 0 saturated carbocycles. The molecule has 0 aliphatic heterocycles. The Bertz CT molecular complexity index is 446. The minimum absolute atomic E-state index is 0.0915. The normalized spacial score (nSPS) is 11.4. The molecule has 3 nitrogen and oxygen atoms in total. The van der Waals surface area contributed by atoms with Gasteiger partial charge in [-0.3, -0.25) is 4.18 Å². The van der Waals surface area contributed by atoms with Crippen LogP contribution >= 0.6 is 0 Å². The number of rotatable bonds is 7. The van der Waals surface area contributed by atoms with Gasteiger partial charge < -0.3 is 0 Å². The highest BCUT2D eigenvalue weighted by molar-refractivity contribution is 7.86. The van der Waals surface area contributed by atoms with Gasteiger partial charge in [-0.05, 0) is 30.4 Å². The molecule has 0 aliphatic carbocycles. The monoisotopic (exact) mass is 254 g/mol. The highest BCUT2D eigenvalue weighted by atomic mass is 32.2. The first-order valence-electron chi connectivity index (χ1n) is 5.57. The zero-order valence-corrected chi connectivity index (χ0v) is 10.9. The molecule has 0 aromatic heterocycles. The Labute approximate surface area is 103 Å². The summed E-state index contributed by atoms with van der Waals surface area (Å²) in [4.78, 5) is 0. The lowest BCUT2D eigenvalue weighted by Crippen LogP contribution is -2.07. The summed E-state index contributed by atoms with van der Waals surface area (Å²) in [7, 11) is -2.10. The molecular weight excluding hydrogens is 236 g/mol. The minimum atomic E-state index is -3.30. The van der Waals surface area contributed by atoms with E-state index in [4.69, 9.17) is 0 Å². The Morgan fingerprint density at radius 1 is 1.24 bits per heavy atom. The van der Waals surface area contributed by atoms with Crippen LogP contribution in [0.5, 0.6) is 0 Å². The third-order valence-electron chi connectivity index (χ3n) is 2.58. The Morgan fingerprint density at radius 2 is 1.88 bits per heavy atom. The van der Waals surface area contributed by atoms with Crippen LogP contribution in [0.1, 0.15) is 24.0 Å². The number of hydrogen-bond acceptors (Lipinski definition) is 3. The second-order valence-electron chi connectivity index (χ2n) is 3.83. The summed E-state index contributed by atoms with van der Waals surface area (Å²) in [5.74, 6) is 0.0915. The van der Waals surface area contributed by atoms with Gasteiger partial charge in [0, 0.05) is 0 Å². The van der Waals surface area contributed by atoms with Crippen LogP contribution in [0, 0.1) is 0 Å². The van der Waals surface area contributed by atoms with Crippen molar-refractivity contribution in [1.29, 1.82) is 0 Å². The average Bonchev–Trinajstić information content (AvgIpc) is 2.35. The summed E-state index contributed by atoms with van der Waals surface area (Å²) in [5, 5.41) is 0. The van der Waals surface area contributed by atoms with Gasteiger partial charge in [-0.15, -0.1) is 0 Å². The van der Waals surface area contributed by atoms with E-state index in [-0.39, 0.29) is 5.75 Å². The fourth-order valence-corrected chi connectivity index (χ4v) is 2.24. The van der Waals surface area contributed by atoms with Crippen LogP contribution in [0.3, 0.4) is 0 Å². The molecule has 0 atom stereocenters. The van der Waals surface area contributed by atoms with Crippen LogP contribution in [0.4, 0.5) is 0 Å². The molecule has 94 valence electrons. The predicted molar refractivity (Wildman–Crippen MR) is 70.3 cm³/mol. The predicted octanol–water partition coefficient (Wildman–Crippen LogP) is 2.63. The van der Waals surface area contributed by atoms with Gasteiger partial charge >= 0.3 is 0 Å². The van der Waals surface area contributed by atoms with Crippen molar-refractivity contribution in [3.63, 3.8) is 0 Å². The molecule has 17 heavy (non-hydrogen) atoms. The second kappa shape index (κ2) is 6.57. The van der Waals surface area contributed by atoms with Crippen LogP contribution in [0.25, 0.3) is 6.08 Å². The first-order chi connectivity index (χ1) is 8.07. The van der Waals surface area contributed by atoms with Gasteiger partial charge in [-0.2, -0.15) is 8.42 Å². The smallest absolute Gasteiger partial charge is 0.267 e. The van der Waals surface area contributed by atoms with Crippen molar-refractivity contribution in [2.24, 2.45) is 0 Å². The zero-order valence-electron chi connectivity index (χ0n) is 10.1. The van der Waals surface area contributed by atoms with E-state index in [0.29, 0.717) is 6.42 Å². The second-order valence-corrected chi connectivity index (χ2v) is 5.69. The summed E-state index contributed by atoms with van der Waals surface area (Å²) in [5.41, 5.74) is 2.31. The largest absolute Gasteiger partial charge is 0.273 e. The maximum absolute atomic E-state index is 11.1. The Hall–Kier alpha value is -1.13. The van der Waals surface area contributed by atoms with Crippen molar-refractivity contribution in [3.05, 3.63) is 42.0 Å². The van der Waals surface area contributed by atoms with E-state index in [9.17, 15) is 8.42 Å². The summed E-state index contributed by atoms with van der Waals surface area (Å²) >= 11 is 0. The lowest BCUT2D eigenvalue weighted by Gasteiger charge is -2.03. The standard InChI is InChI=1S/C13H18O3S/c1-3-12-7-9-13(10-8-12)6-4-5-11-17(14,15)16-2/h3,7-10H,1,4-6,11H2,2H3. The van der Waals surface area contributed by atoms with Crippen molar-refractivity contribution in [2.75, 3.05) is 12.9 Å². The maximum Gasteiger partial charge on any atom is 0.267 e. The number of aryl methyl sites for hydroxylation is 1. The maximum atomic E-state index is 11.1. The van der Waals surface area contributed by atoms with E-state index in [1.165, 1.54) is 12.7 Å². The fraction of sp³-hybridized carbons (Fsp3) is 0.385. The van der Waals surface area contributed by atoms with Crippen molar-refractivity contribution >= 4 is 16.2 Å². The van der Waals surface area contributed by atoms with E-state index < -0.39 is 10.1 Å². The highest BCUT2D eigenvalue weighted by Gasteiger charge is 2.07. The van der Waals surface area contributed by atoms with E-state index >= 15 is 0 Å². The first-order valence-corrected chi connectivity index (χ1v) is 7.15. The highest BCUT2D eigenvalue weighted by Crippen LogP contribution is 2.09. The van der Waals surface area contributed by atoms with Gasteiger partial charge in [0.2, 0.25) is 0 Å². The number of benzene rings is 1. The Kier molecular flexibility index (Phi) is 5.38. The molecule has 1 rings (SSSR count). The van der Waals surface area contributed by atoms with E-state index in [1.54, 1.807) is 6.08 Å². The average molecular weight is 254 g/mol. The molecule has 0 aliphatic rings. The van der Waals surface area contributed by atoms with Crippen molar-refractivity contribution in [2.45, 2.75) is 19.3 Å². The summed E-state index contributed by atoms with van der Waals surface area (Å²) in [6, 6.07) is 8.10. The number of hydrogen-bond donors (Lipinski definition) is 0. The molecule has 1 aromatic carbocycles. The van der Waals surface area contributed by atoms with Crippen molar-refractivity contribution in [1.82, 2.24) is 0 Å². The molecule has 0 fully saturated rings. The lowest BCUT2D eigenvalue weighted by molar-refractivity contribution is 0.396. The van der Waals surface area contributed by atoms with E-state index in [1.807, 2.05) is 24.3 Å². The topological polar surface area (TPSA) is 43.4 Å². The van der Waals surface area contributed by atoms with Crippen LogP contribution in [0.15, 0.2) is 30.8 Å². The van der Waals surface area contributed by atoms with Crippen LogP contribution in [0.2, 0.25) is 0 Å². The van der Waals surface area contributed by atoms with Gasteiger partial charge in [-0.25, -0.2) is 0 Å². The fourth-order valence-electron chi connectivity index (χ4n) is 1.51. The molecule has 0 unspecified atom stereocenters. The molecule has 0 saturated heterocycles. The molecule has 4 heteroatoms. The lowest BCUT2D eigenvalue weighted by atomic mass is 10.1. The quantitative estimate of drug-likeness (QED) is 0.555. The van der Waals surface area contributed by atoms with E-state index in [0.717, 1.165) is 18.4 Å². The third kappa shape index (κ3) is 5.15. The zero-order chi connectivity index (χ0) is 12.7. The summed E-state index contributed by atoms with van der Waals surface area (Å²) < 4.78 is 26.5. The molecule has 1 aromatic rings. The van der Waals surface area contributed by atoms with Crippen molar-refractivity contribution in [3.8, 4) is 0 Å². The minimum Gasteiger partial charge on any atom is -0.273 e. The molecule has 0 bridgehead atoms. The van der Waals surface area contributed by atoms with Gasteiger partial charge in [0.15, 0.2) is 0 Å². The van der Waals surface area contributed by atoms with Crippen molar-refractivity contribution < 1.29 is 12.6 Å². The van der Waals surface area contributed by atoms with E-state index in [2.05, 4.69) is 10.8 Å². The van der Waals surface area contributed by atoms with Gasteiger partial charge in [-0.1, -0.05) is 36.9 Å². The van der Waals surface area contributed by atoms with Crippen LogP contribution in [-0.4, -0.2) is 21.3 Å². The molecule has 0 N–H and O–H groups in total. The molecular formula is C13H18O3S. The molecule has 0 spiro atoms. The van der Waals surface area contributed by atoms with Gasteiger partial charge in [0.05, 0.1) is 12.9 Å². The Morgan fingerprint density at radius 3 is 2.41 bits per heavy atom. The van der Waals surface area contributed by atoms with Gasteiger partial charge in [0.25, 0.3) is 10.1 Å². The molecule has 0 radical (unpaired) electrons. The number of unbranched alkanes of at least 4 members (excludes halogenated alkanes) is 1. The first kappa shape index (κ1) is 13.9. The summed E-state index contributed by atoms with van der Waals surface area (Å²) in [6.45, 7) is 3.69. The summed E-state index contributed by atoms with van der Waals surface area (Å²) in [6.07, 6.45) is 4.15. The molecule has 0 heterocycles. The Balaban J connectivity index is 2.33. The SMILES string of the molecule is C=Cc1ccc(CCCCS(=O)(=O)OC)cc1. The van der Waals surface area contributed by atoms with Gasteiger partial charge in [0.1, 0.15) is 0 Å². The van der Waals surface area contributed by atoms with Crippen LogP contribution < -0.4 is 0 Å². The molecule has 0 amide bonds. The van der Waals surface area contributed by atoms with Crippen LogP contribution in [-0.2, 0) is 20.7 Å². The third-order valence-corrected chi connectivity index (χ3v) is 3.88.